The summed E-state index contributed by atoms with van der Waals surface area (Å²) < 4.78 is 39.0. The Balaban J connectivity index is 0.00000196. The van der Waals surface area contributed by atoms with Crippen molar-refractivity contribution in [3.63, 3.8) is 0 Å². The topological polar surface area (TPSA) is 0 Å². The maximum Gasteiger partial charge on any atom is 0.673 e. The molecule has 0 fully saturated rings. The Morgan fingerprint density at radius 1 is 0.500 bits per heavy atom. The van der Waals surface area contributed by atoms with E-state index in [-0.39, 0.29) is 0 Å². The van der Waals surface area contributed by atoms with Gasteiger partial charge in [0.15, 0.2) is 4.90 Å². The van der Waals surface area contributed by atoms with Crippen LogP contribution in [-0.4, -0.2) is 18.8 Å². The molecule has 0 spiro atoms. The Morgan fingerprint density at radius 3 is 1.21 bits per heavy atom. The van der Waals surface area contributed by atoms with Gasteiger partial charge in [-0.05, 0) is 31.4 Å². The fourth-order valence-corrected chi connectivity index (χ4v) is 6.50. The van der Waals surface area contributed by atoms with Gasteiger partial charge in [-0.1, -0.05) is 128 Å². The summed E-state index contributed by atoms with van der Waals surface area (Å²) in [5.41, 5.74) is 0. The van der Waals surface area contributed by atoms with E-state index in [1.807, 2.05) is 0 Å². The van der Waals surface area contributed by atoms with Crippen LogP contribution in [0.2, 0.25) is 0 Å². The van der Waals surface area contributed by atoms with Gasteiger partial charge in [0.05, 0.1) is 0 Å². The van der Waals surface area contributed by atoms with E-state index < -0.39 is 7.25 Å². The third kappa shape index (κ3) is 26.0. The fourth-order valence-electron chi connectivity index (χ4n) is 4.09. The van der Waals surface area contributed by atoms with Gasteiger partial charge in [0.1, 0.15) is 11.5 Å². The Labute approximate surface area is 211 Å². The molecule has 1 unspecified atom stereocenters. The molecule has 0 amide bonds. The summed E-state index contributed by atoms with van der Waals surface area (Å²) >= 11 is 0. The highest BCUT2D eigenvalue weighted by molar-refractivity contribution is 7.96. The molecule has 0 aliphatic carbocycles. The van der Waals surface area contributed by atoms with Crippen molar-refractivity contribution in [2.45, 2.75) is 134 Å². The van der Waals surface area contributed by atoms with Crippen LogP contribution in [0.15, 0.2) is 35.2 Å². The van der Waals surface area contributed by atoms with Crippen molar-refractivity contribution in [1.82, 2.24) is 0 Å². The maximum absolute atomic E-state index is 9.75. The number of hydrogen-bond donors (Lipinski definition) is 0. The summed E-state index contributed by atoms with van der Waals surface area (Å²) in [5.74, 6) is 2.82. The average molecular weight is 507 g/mol. The highest BCUT2D eigenvalue weighted by Crippen LogP contribution is 2.19. The van der Waals surface area contributed by atoms with Crippen molar-refractivity contribution in [2.24, 2.45) is 0 Å². The zero-order valence-electron chi connectivity index (χ0n) is 22.0. The lowest BCUT2D eigenvalue weighted by Crippen LogP contribution is -2.12. The SMILES string of the molecule is CCCCCCCCCCCCCCCCCC[S+](CCCC)c1ccccc1.F[B-](F)(F)F. The highest BCUT2D eigenvalue weighted by Gasteiger charge is 2.21. The standard InChI is InChI=1S/C28H51S.BF4/c1-3-5-7-8-9-10-11-12-13-14-15-16-17-18-19-23-27-29(26-6-4-2)28-24-21-20-22-25-28;2-1(3,4)5/h20-22,24-25H,3-19,23,26-27H2,1-2H3;/q+1;-1. The molecular formula is C28H51BF4S. The molecule has 200 valence electrons. The molecule has 0 radical (unpaired) electrons. The Morgan fingerprint density at radius 2 is 0.824 bits per heavy atom. The maximum atomic E-state index is 9.75. The molecular weight excluding hydrogens is 455 g/mol. The molecule has 0 nitrogen and oxygen atoms in total. The smallest absolute Gasteiger partial charge is 0.418 e. The van der Waals surface area contributed by atoms with Crippen LogP contribution in [0.1, 0.15) is 129 Å². The number of unbranched alkanes of at least 4 members (excludes halogenated alkanes) is 16. The summed E-state index contributed by atoms with van der Waals surface area (Å²) in [7, 11) is -5.51. The van der Waals surface area contributed by atoms with Crippen LogP contribution in [0.25, 0.3) is 0 Å². The summed E-state index contributed by atoms with van der Waals surface area (Å²) in [6, 6.07) is 11.3. The predicted molar refractivity (Wildman–Crippen MR) is 146 cm³/mol. The second-order valence-electron chi connectivity index (χ2n) is 9.37. The lowest BCUT2D eigenvalue weighted by atomic mass is 10.0. The molecule has 0 bridgehead atoms. The third-order valence-corrected chi connectivity index (χ3v) is 8.57. The van der Waals surface area contributed by atoms with Crippen LogP contribution in [0.4, 0.5) is 17.3 Å². The van der Waals surface area contributed by atoms with E-state index in [0.717, 1.165) is 0 Å². The minimum atomic E-state index is -6.00. The molecule has 0 aliphatic heterocycles. The monoisotopic (exact) mass is 506 g/mol. The van der Waals surface area contributed by atoms with Gasteiger partial charge in [0.25, 0.3) is 0 Å². The molecule has 1 rings (SSSR count). The number of rotatable bonds is 21. The van der Waals surface area contributed by atoms with Gasteiger partial charge in [0.2, 0.25) is 0 Å². The summed E-state index contributed by atoms with van der Waals surface area (Å²) in [5, 5.41) is 0. The molecule has 0 heterocycles. The molecule has 6 heteroatoms. The zero-order chi connectivity index (χ0) is 25.3. The first-order chi connectivity index (χ1) is 16.4. The van der Waals surface area contributed by atoms with Gasteiger partial charge in [-0.25, -0.2) is 0 Å². The van der Waals surface area contributed by atoms with Crippen LogP contribution in [0.3, 0.4) is 0 Å². The normalized spacial score (nSPS) is 12.3. The quantitative estimate of drug-likeness (QED) is 0.0673. The minimum Gasteiger partial charge on any atom is -0.418 e. The van der Waals surface area contributed by atoms with E-state index in [1.54, 1.807) is 4.90 Å². The number of halogens is 4. The van der Waals surface area contributed by atoms with Crippen molar-refractivity contribution in [3.8, 4) is 0 Å². The van der Waals surface area contributed by atoms with Crippen molar-refractivity contribution in [3.05, 3.63) is 30.3 Å². The second-order valence-corrected chi connectivity index (χ2v) is 11.6. The zero-order valence-corrected chi connectivity index (χ0v) is 22.8. The minimum absolute atomic E-state index is 0.495. The summed E-state index contributed by atoms with van der Waals surface area (Å²) in [6.45, 7) is 4.62. The molecule has 1 aromatic carbocycles. The Kier molecular flexibility index (Phi) is 23.6. The number of hydrogen-bond acceptors (Lipinski definition) is 0. The van der Waals surface area contributed by atoms with Crippen molar-refractivity contribution in [1.29, 1.82) is 0 Å². The Bertz CT molecular complexity index is 519. The Hall–Kier alpha value is -0.645. The van der Waals surface area contributed by atoms with Crippen LogP contribution in [0.5, 0.6) is 0 Å². The third-order valence-electron chi connectivity index (χ3n) is 6.07. The largest absolute Gasteiger partial charge is 0.673 e. The van der Waals surface area contributed by atoms with Crippen LogP contribution >= 0.6 is 0 Å². The van der Waals surface area contributed by atoms with Crippen LogP contribution in [-0.2, 0) is 10.9 Å². The van der Waals surface area contributed by atoms with Gasteiger partial charge in [-0.15, -0.1) is 0 Å². The lowest BCUT2D eigenvalue weighted by molar-refractivity contribution is 0.368. The van der Waals surface area contributed by atoms with Crippen molar-refractivity contribution < 1.29 is 17.3 Å². The van der Waals surface area contributed by atoms with Gasteiger partial charge in [-0.3, -0.25) is 0 Å². The molecule has 1 aromatic rings. The van der Waals surface area contributed by atoms with Gasteiger partial charge in [0, 0.05) is 10.9 Å². The first-order valence-electron chi connectivity index (χ1n) is 14.0. The highest BCUT2D eigenvalue weighted by atomic mass is 32.2. The lowest BCUT2D eigenvalue weighted by Gasteiger charge is -2.08. The number of benzene rings is 1. The molecule has 0 saturated carbocycles. The molecule has 0 N–H and O–H groups in total. The molecule has 0 aliphatic rings. The van der Waals surface area contributed by atoms with E-state index in [2.05, 4.69) is 44.2 Å². The molecule has 0 saturated heterocycles. The molecule has 1 atom stereocenters. The molecule has 0 aromatic heterocycles. The van der Waals surface area contributed by atoms with Crippen molar-refractivity contribution >= 4 is 18.1 Å². The van der Waals surface area contributed by atoms with Crippen molar-refractivity contribution in [2.75, 3.05) is 11.5 Å². The summed E-state index contributed by atoms with van der Waals surface area (Å²) in [4.78, 5) is 1.60. The van der Waals surface area contributed by atoms with E-state index in [0.29, 0.717) is 10.9 Å². The van der Waals surface area contributed by atoms with Crippen LogP contribution < -0.4 is 0 Å². The van der Waals surface area contributed by atoms with Gasteiger partial charge in [-0.2, -0.15) is 0 Å². The fraction of sp³-hybridized carbons (Fsp3) is 0.786. The second kappa shape index (κ2) is 24.1. The van der Waals surface area contributed by atoms with Crippen LogP contribution in [0, 0.1) is 0 Å². The average Bonchev–Trinajstić information content (AvgIpc) is 2.80. The van der Waals surface area contributed by atoms with E-state index in [9.17, 15) is 17.3 Å². The first kappa shape index (κ1) is 33.4. The van der Waals surface area contributed by atoms with E-state index in [4.69, 9.17) is 0 Å². The van der Waals surface area contributed by atoms with E-state index in [1.165, 1.54) is 127 Å². The van der Waals surface area contributed by atoms with Gasteiger partial charge < -0.3 is 17.3 Å². The van der Waals surface area contributed by atoms with E-state index >= 15 is 0 Å². The molecule has 34 heavy (non-hydrogen) atoms. The summed E-state index contributed by atoms with van der Waals surface area (Å²) in [6.07, 6.45) is 26.1. The predicted octanol–water partition coefficient (Wildman–Crippen LogP) is 11.0. The first-order valence-corrected chi connectivity index (χ1v) is 15.5. The van der Waals surface area contributed by atoms with Gasteiger partial charge >= 0.3 is 7.25 Å².